The topological polar surface area (TPSA) is 41.8 Å². The molecule has 4 heterocycles. The van der Waals surface area contributed by atoms with Crippen molar-refractivity contribution >= 4 is 11.2 Å². The first-order chi connectivity index (χ1) is 10.4. The zero-order valence-electron chi connectivity index (χ0n) is 12.3. The normalized spacial score (nSPS) is 21.0. The minimum atomic E-state index is 0.534. The molecule has 0 atom stereocenters. The summed E-state index contributed by atoms with van der Waals surface area (Å²) in [6.07, 6.45) is 6.36. The summed E-state index contributed by atoms with van der Waals surface area (Å²) in [5, 5.41) is 3.40. The molecule has 2 aromatic heterocycles. The van der Waals surface area contributed by atoms with Gasteiger partial charge < -0.3 is 19.4 Å². The van der Waals surface area contributed by atoms with Crippen LogP contribution in [-0.4, -0.2) is 48.8 Å². The zero-order chi connectivity index (χ0) is 14.1. The average Bonchev–Trinajstić information content (AvgIpc) is 2.99. The lowest BCUT2D eigenvalue weighted by Crippen LogP contribution is -2.43. The number of nitrogens with one attached hydrogen (secondary N) is 1. The van der Waals surface area contributed by atoms with Crippen LogP contribution in [0, 0.1) is 0 Å². The molecule has 2 aromatic rings. The SMILES string of the molecule is c1cn2c(C3CCOCC3)ncc2cc1N1CCNCC1. The van der Waals surface area contributed by atoms with Crippen molar-refractivity contribution in [2.45, 2.75) is 18.8 Å². The molecule has 2 fully saturated rings. The molecule has 0 aliphatic carbocycles. The van der Waals surface area contributed by atoms with E-state index in [2.05, 4.69) is 37.9 Å². The molecular weight excluding hydrogens is 264 g/mol. The Kier molecular flexibility index (Phi) is 3.53. The van der Waals surface area contributed by atoms with Gasteiger partial charge in [-0.15, -0.1) is 0 Å². The third-order valence-electron chi connectivity index (χ3n) is 4.61. The van der Waals surface area contributed by atoms with Gasteiger partial charge in [0.15, 0.2) is 0 Å². The molecule has 0 spiro atoms. The van der Waals surface area contributed by atoms with Crippen LogP contribution < -0.4 is 10.2 Å². The molecule has 0 unspecified atom stereocenters. The number of ether oxygens (including phenoxy) is 1. The molecule has 2 saturated heterocycles. The fourth-order valence-electron chi connectivity index (χ4n) is 3.39. The van der Waals surface area contributed by atoms with Crippen LogP contribution in [0.15, 0.2) is 24.5 Å². The van der Waals surface area contributed by atoms with E-state index in [9.17, 15) is 0 Å². The van der Waals surface area contributed by atoms with E-state index in [0.29, 0.717) is 5.92 Å². The van der Waals surface area contributed by atoms with E-state index >= 15 is 0 Å². The first-order valence-corrected chi connectivity index (χ1v) is 7.92. The van der Waals surface area contributed by atoms with Crippen LogP contribution in [-0.2, 0) is 4.74 Å². The monoisotopic (exact) mass is 286 g/mol. The van der Waals surface area contributed by atoms with Gasteiger partial charge in [0.25, 0.3) is 0 Å². The first kappa shape index (κ1) is 13.1. The number of imidazole rings is 1. The number of pyridine rings is 1. The maximum absolute atomic E-state index is 5.46. The lowest BCUT2D eigenvalue weighted by Gasteiger charge is -2.29. The molecule has 0 saturated carbocycles. The first-order valence-electron chi connectivity index (χ1n) is 7.92. The van der Waals surface area contributed by atoms with Crippen molar-refractivity contribution in [2.75, 3.05) is 44.3 Å². The number of piperazine rings is 1. The Morgan fingerprint density at radius 1 is 1.19 bits per heavy atom. The maximum Gasteiger partial charge on any atom is 0.116 e. The lowest BCUT2D eigenvalue weighted by atomic mass is 10.00. The van der Waals surface area contributed by atoms with Crippen molar-refractivity contribution in [3.8, 4) is 0 Å². The van der Waals surface area contributed by atoms with Crippen molar-refractivity contribution in [3.05, 3.63) is 30.4 Å². The number of fused-ring (bicyclic) bond motifs is 1. The summed E-state index contributed by atoms with van der Waals surface area (Å²) in [6, 6.07) is 4.49. The fraction of sp³-hybridized carbons (Fsp3) is 0.562. The number of nitrogens with zero attached hydrogens (tertiary/aromatic N) is 3. The lowest BCUT2D eigenvalue weighted by molar-refractivity contribution is 0.0835. The van der Waals surface area contributed by atoms with Crippen molar-refractivity contribution < 1.29 is 4.74 Å². The molecule has 4 rings (SSSR count). The van der Waals surface area contributed by atoms with E-state index in [0.717, 1.165) is 52.2 Å². The summed E-state index contributed by atoms with van der Waals surface area (Å²) in [5.74, 6) is 1.73. The highest BCUT2D eigenvalue weighted by molar-refractivity contribution is 5.60. The van der Waals surface area contributed by atoms with Gasteiger partial charge in [0.1, 0.15) is 5.82 Å². The highest BCUT2D eigenvalue weighted by Crippen LogP contribution is 2.28. The fourth-order valence-corrected chi connectivity index (χ4v) is 3.39. The van der Waals surface area contributed by atoms with Crippen LogP contribution in [0.4, 0.5) is 5.69 Å². The Labute approximate surface area is 124 Å². The quantitative estimate of drug-likeness (QED) is 0.911. The summed E-state index contributed by atoms with van der Waals surface area (Å²) < 4.78 is 7.71. The molecule has 5 nitrogen and oxygen atoms in total. The number of hydrogen-bond acceptors (Lipinski definition) is 4. The number of anilines is 1. The summed E-state index contributed by atoms with van der Waals surface area (Å²) in [5.41, 5.74) is 2.51. The largest absolute Gasteiger partial charge is 0.381 e. The molecule has 2 aliphatic rings. The van der Waals surface area contributed by atoms with Gasteiger partial charge in [-0.1, -0.05) is 0 Å². The van der Waals surface area contributed by atoms with Gasteiger partial charge in [0, 0.05) is 57.2 Å². The highest BCUT2D eigenvalue weighted by Gasteiger charge is 2.20. The Morgan fingerprint density at radius 2 is 2.00 bits per heavy atom. The second-order valence-electron chi connectivity index (χ2n) is 5.92. The second kappa shape index (κ2) is 5.66. The summed E-state index contributed by atoms with van der Waals surface area (Å²) in [4.78, 5) is 7.12. The van der Waals surface area contributed by atoms with Gasteiger partial charge in [-0.3, -0.25) is 0 Å². The number of aromatic nitrogens is 2. The molecule has 2 aliphatic heterocycles. The molecule has 0 radical (unpaired) electrons. The van der Waals surface area contributed by atoms with E-state index < -0.39 is 0 Å². The predicted octanol–water partition coefficient (Wildman–Crippen LogP) is 1.64. The van der Waals surface area contributed by atoms with E-state index in [-0.39, 0.29) is 0 Å². The van der Waals surface area contributed by atoms with E-state index in [4.69, 9.17) is 4.74 Å². The molecule has 0 aromatic carbocycles. The number of rotatable bonds is 2. The van der Waals surface area contributed by atoms with Crippen molar-refractivity contribution in [2.24, 2.45) is 0 Å². The van der Waals surface area contributed by atoms with Crippen LogP contribution in [0.1, 0.15) is 24.6 Å². The second-order valence-corrected chi connectivity index (χ2v) is 5.92. The van der Waals surface area contributed by atoms with Gasteiger partial charge in [0.05, 0.1) is 11.7 Å². The van der Waals surface area contributed by atoms with E-state index in [1.807, 2.05) is 6.20 Å². The standard InChI is InChI=1S/C16H22N4O/c1-6-20-15(11-14(1)19-7-4-17-5-8-19)12-18-16(20)13-2-9-21-10-3-13/h1,6,11-13,17H,2-5,7-10H2. The molecule has 5 heteroatoms. The molecule has 1 N–H and O–H groups in total. The highest BCUT2D eigenvalue weighted by atomic mass is 16.5. The minimum Gasteiger partial charge on any atom is -0.381 e. The summed E-state index contributed by atoms with van der Waals surface area (Å²) >= 11 is 0. The Balaban J connectivity index is 1.63. The van der Waals surface area contributed by atoms with Crippen LogP contribution >= 0.6 is 0 Å². The van der Waals surface area contributed by atoms with E-state index in [1.54, 1.807) is 0 Å². The van der Waals surface area contributed by atoms with Crippen LogP contribution in [0.3, 0.4) is 0 Å². The third kappa shape index (κ3) is 2.51. The predicted molar refractivity (Wildman–Crippen MR) is 83.1 cm³/mol. The van der Waals surface area contributed by atoms with Crippen molar-refractivity contribution in [1.29, 1.82) is 0 Å². The summed E-state index contributed by atoms with van der Waals surface area (Å²) in [7, 11) is 0. The van der Waals surface area contributed by atoms with Gasteiger partial charge >= 0.3 is 0 Å². The average molecular weight is 286 g/mol. The van der Waals surface area contributed by atoms with Gasteiger partial charge in [-0.25, -0.2) is 4.98 Å². The van der Waals surface area contributed by atoms with Crippen LogP contribution in [0.2, 0.25) is 0 Å². The number of hydrogen-bond donors (Lipinski definition) is 1. The van der Waals surface area contributed by atoms with Crippen LogP contribution in [0.5, 0.6) is 0 Å². The molecule has 112 valence electrons. The van der Waals surface area contributed by atoms with Gasteiger partial charge in [-0.2, -0.15) is 0 Å². The van der Waals surface area contributed by atoms with Crippen molar-refractivity contribution in [3.63, 3.8) is 0 Å². The maximum atomic E-state index is 5.46. The Bertz CT molecular complexity index is 612. The summed E-state index contributed by atoms with van der Waals surface area (Å²) in [6.45, 7) is 6.01. The molecular formula is C16H22N4O. The molecule has 0 bridgehead atoms. The Hall–Kier alpha value is -1.59. The third-order valence-corrected chi connectivity index (χ3v) is 4.61. The molecule has 0 amide bonds. The Morgan fingerprint density at radius 3 is 2.81 bits per heavy atom. The smallest absolute Gasteiger partial charge is 0.116 e. The van der Waals surface area contributed by atoms with Gasteiger partial charge in [-0.05, 0) is 25.0 Å². The van der Waals surface area contributed by atoms with E-state index in [1.165, 1.54) is 17.0 Å². The van der Waals surface area contributed by atoms with Crippen LogP contribution in [0.25, 0.3) is 5.52 Å². The minimum absolute atomic E-state index is 0.534. The zero-order valence-corrected chi connectivity index (χ0v) is 12.3. The van der Waals surface area contributed by atoms with Gasteiger partial charge in [0.2, 0.25) is 0 Å². The van der Waals surface area contributed by atoms with Crippen molar-refractivity contribution in [1.82, 2.24) is 14.7 Å². The molecule has 21 heavy (non-hydrogen) atoms.